The van der Waals surface area contributed by atoms with Crippen molar-refractivity contribution in [3.8, 4) is 5.75 Å². The van der Waals surface area contributed by atoms with Crippen LogP contribution in [0.15, 0.2) is 24.3 Å². The predicted molar refractivity (Wildman–Crippen MR) is 398 cm³/mol. The molecule has 612 valence electrons. The molecule has 1 aliphatic rings. The van der Waals surface area contributed by atoms with E-state index in [4.69, 9.17) is 27.7 Å². The van der Waals surface area contributed by atoms with Crippen LogP contribution in [0.3, 0.4) is 0 Å². The number of aliphatic hydroxyl groups excluding tert-OH is 1. The third kappa shape index (κ3) is 34.0. The number of thiol groups is 4. The number of nitrogens with one attached hydrogen (secondary N) is 16. The highest BCUT2D eigenvalue weighted by Gasteiger charge is 2.40. The average Bonchev–Trinajstić information content (AvgIpc) is 1.71. The molecule has 1 saturated heterocycles. The molecule has 0 bridgehead atoms. The number of carboxylic acids is 3. The van der Waals surface area contributed by atoms with Crippen LogP contribution >= 0.6 is 50.5 Å². The summed E-state index contributed by atoms with van der Waals surface area (Å²) in [5.74, 6) is -23.9. The zero-order chi connectivity index (χ0) is 83.2. The Labute approximate surface area is 650 Å². The van der Waals surface area contributed by atoms with Crippen molar-refractivity contribution < 1.29 is 117 Å². The molecule has 0 spiro atoms. The van der Waals surface area contributed by atoms with Gasteiger partial charge in [-0.2, -0.15) is 50.5 Å². The van der Waals surface area contributed by atoms with Crippen LogP contribution in [0.4, 0.5) is 0 Å². The summed E-state index contributed by atoms with van der Waals surface area (Å²) in [6.45, 7) is 0.727. The van der Waals surface area contributed by atoms with Crippen LogP contribution < -0.4 is 97.0 Å². The van der Waals surface area contributed by atoms with Gasteiger partial charge in [0.2, 0.25) is 94.5 Å². The number of phenolic OH excluding ortho intramolecular Hbond substituents is 1. The summed E-state index contributed by atoms with van der Waals surface area (Å²) in [5, 5.41) is 89.4. The Balaban J connectivity index is 2.13. The normalized spacial score (nSPS) is 15.8. The Kier molecular flexibility index (Phi) is 42.5. The fourth-order valence-corrected chi connectivity index (χ4v) is 11.0. The van der Waals surface area contributed by atoms with Gasteiger partial charge in [0, 0.05) is 42.5 Å². The molecular formula is C62H96N20O24S4. The quantitative estimate of drug-likeness (QED) is 0.0125. The van der Waals surface area contributed by atoms with Gasteiger partial charge in [-0.15, -0.1) is 0 Å². The minimum atomic E-state index is -1.94. The molecule has 0 aliphatic carbocycles. The van der Waals surface area contributed by atoms with E-state index >= 15 is 0 Å². The highest BCUT2D eigenvalue weighted by Crippen LogP contribution is 2.20. The largest absolute Gasteiger partial charge is 0.508 e. The number of rotatable bonds is 49. The van der Waals surface area contributed by atoms with Crippen LogP contribution in [-0.4, -0.2) is 290 Å². The van der Waals surface area contributed by atoms with E-state index in [0.717, 1.165) is 4.90 Å². The number of nitrogens with two attached hydrogens (primary N) is 3. The summed E-state index contributed by atoms with van der Waals surface area (Å²) in [6.07, 6.45) is -2.64. The van der Waals surface area contributed by atoms with E-state index in [1.807, 2.05) is 10.6 Å². The number of aliphatic hydroxyl groups is 1. The molecular weight excluding hydrogens is 1540 g/mol. The molecule has 0 unspecified atom stereocenters. The van der Waals surface area contributed by atoms with Gasteiger partial charge in [-0.05, 0) is 56.2 Å². The second kappa shape index (κ2) is 48.8. The van der Waals surface area contributed by atoms with Gasteiger partial charge >= 0.3 is 17.9 Å². The summed E-state index contributed by atoms with van der Waals surface area (Å²) >= 11 is 16.4. The third-order valence-electron chi connectivity index (χ3n) is 16.2. The van der Waals surface area contributed by atoms with Gasteiger partial charge in [0.15, 0.2) is 5.96 Å². The predicted octanol–water partition coefficient (Wildman–Crippen LogP) is -11.1. The molecule has 0 radical (unpaired) electrons. The van der Waals surface area contributed by atoms with Crippen molar-refractivity contribution in [2.24, 2.45) is 23.1 Å². The molecule has 16 amide bonds. The van der Waals surface area contributed by atoms with Crippen LogP contribution in [0.2, 0.25) is 0 Å². The lowest BCUT2D eigenvalue weighted by Crippen LogP contribution is -2.61. The van der Waals surface area contributed by atoms with E-state index in [-0.39, 0.29) is 68.9 Å². The Morgan fingerprint density at radius 3 is 1.50 bits per heavy atom. The summed E-state index contributed by atoms with van der Waals surface area (Å²) < 4.78 is 0. The fraction of sp³-hybridized carbons (Fsp3) is 0.581. The van der Waals surface area contributed by atoms with Crippen molar-refractivity contribution in [2.45, 2.75) is 157 Å². The molecule has 1 aromatic rings. The fourth-order valence-electron chi connectivity index (χ4n) is 10.0. The lowest BCUT2D eigenvalue weighted by atomic mass is 9.97. The molecule has 48 heteroatoms. The zero-order valence-corrected chi connectivity index (χ0v) is 63.4. The number of carbonyl (C=O) groups is 19. The molecule has 1 heterocycles. The molecule has 2 rings (SSSR count). The Bertz CT molecular complexity index is 3500. The number of benzene rings is 1. The summed E-state index contributed by atoms with van der Waals surface area (Å²) in [7, 11) is 0. The SMILES string of the molecule is CC[C@H](C)[C@H](NC(=O)[C@H](CS)NC(=O)[C@H](C)NC(=O)CNC(=O)[C@@H]1CCCN1C(=O)[C@H](CS)NC(=O)[C@H](CC(=O)O)NC(=O)[C@H](CO)NC(=O)[C@@H](N)CC(=O)O)C(=O)N[C@@H](CS)C(=O)N[C@@H](CCCNC(=N)N)C(=O)NCC(=O)N[C@@H](CC(N)=O)C(=O)NCC(=O)N[C@@H](Cc1ccc(O)cc1)C(=O)N[C@@H](CS)C(=O)O. The maximum Gasteiger partial charge on any atom is 0.327 e. The van der Waals surface area contributed by atoms with E-state index in [1.54, 1.807) is 13.8 Å². The van der Waals surface area contributed by atoms with Gasteiger partial charge in [-0.1, -0.05) is 32.4 Å². The number of phenols is 1. The van der Waals surface area contributed by atoms with Crippen molar-refractivity contribution in [1.82, 2.24) is 84.7 Å². The number of primary amides is 1. The molecule has 1 aliphatic heterocycles. The first-order valence-corrected chi connectivity index (χ1v) is 36.3. The summed E-state index contributed by atoms with van der Waals surface area (Å²) in [5.41, 5.74) is 16.6. The highest BCUT2D eigenvalue weighted by molar-refractivity contribution is 7.80. The molecule has 0 aromatic heterocycles. The van der Waals surface area contributed by atoms with Gasteiger partial charge in [-0.3, -0.25) is 91.7 Å². The smallest absolute Gasteiger partial charge is 0.327 e. The van der Waals surface area contributed by atoms with Gasteiger partial charge in [-0.25, -0.2) is 4.79 Å². The lowest BCUT2D eigenvalue weighted by Gasteiger charge is -2.29. The van der Waals surface area contributed by atoms with Crippen molar-refractivity contribution in [1.29, 1.82) is 5.41 Å². The maximum atomic E-state index is 14.1. The van der Waals surface area contributed by atoms with Crippen LogP contribution in [0.5, 0.6) is 5.75 Å². The standard InChI is InChI=1S/C62H96N20O24S4/c1-4-27(2)48(81-57(101)38(24-108)77-49(93)28(3)71-43(86)19-70-58(102)41-8-6-14-82(41)60(104)39(25-109)79-54(98)35(18-47(91)92)75-55(99)36(22-83)76-50(94)31(63)16-46(89)90)59(103)78-37(23-107)56(100)74-32(7-5-13-67-62(65)66)51(95)68-20-45(88)73-34(17-42(64)85)52(96)69-21-44(87)72-33(15-29-9-11-30(84)12-10-29)53(97)80-40(26-110)61(105)106/h9-12,27-28,31-41,48,83-84,107-110H,4-8,13-26,63H2,1-3H3,(H2,64,85)(H,68,95)(H,69,96)(H,70,102)(H,71,86)(H,72,87)(H,73,88)(H,74,100)(H,75,99)(H,76,94)(H,77,93)(H,78,103)(H,79,98)(H,80,97)(H,81,101)(H,89,90)(H,91,92)(H,105,106)(H4,65,66,67)/t27-,28-,31-,32-,33-,34-,35-,36-,37-,38-,39-,40-,41-,48-/m0/s1. The van der Waals surface area contributed by atoms with Crippen LogP contribution in [-0.2, 0) is 97.5 Å². The number of hydrogen-bond donors (Lipinski definition) is 28. The number of amides is 16. The summed E-state index contributed by atoms with van der Waals surface area (Å²) in [4.78, 5) is 248. The second-order valence-corrected chi connectivity index (χ2v) is 26.2. The molecule has 1 aromatic carbocycles. The number of aliphatic carboxylic acids is 3. The molecule has 1 fully saturated rings. The average molecular weight is 1630 g/mol. The number of aromatic hydroxyl groups is 1. The number of hydrogen-bond acceptors (Lipinski definition) is 27. The molecule has 0 saturated carbocycles. The van der Waals surface area contributed by atoms with Gasteiger partial charge in [0.25, 0.3) is 0 Å². The monoisotopic (exact) mass is 1630 g/mol. The van der Waals surface area contributed by atoms with Crippen LogP contribution in [0.1, 0.15) is 77.7 Å². The number of carboxylic acid groups (broad SMARTS) is 3. The Hall–Kier alpha value is -10.5. The second-order valence-electron chi connectivity index (χ2n) is 24.7. The Morgan fingerprint density at radius 2 is 0.973 bits per heavy atom. The van der Waals surface area contributed by atoms with E-state index in [2.05, 4.69) is 120 Å². The molecule has 44 nitrogen and oxygen atoms in total. The van der Waals surface area contributed by atoms with Crippen molar-refractivity contribution in [3.63, 3.8) is 0 Å². The first kappa shape index (κ1) is 95.6. The maximum absolute atomic E-state index is 14.1. The number of guanidine groups is 1. The topological polar surface area (TPSA) is 711 Å². The first-order chi connectivity index (χ1) is 51.7. The summed E-state index contributed by atoms with van der Waals surface area (Å²) in [6, 6.07) is -14.8. The van der Waals surface area contributed by atoms with Gasteiger partial charge in [0.05, 0.1) is 51.5 Å². The molecule has 110 heavy (non-hydrogen) atoms. The van der Waals surface area contributed by atoms with Crippen LogP contribution in [0, 0.1) is 11.3 Å². The zero-order valence-electron chi connectivity index (χ0n) is 59.8. The van der Waals surface area contributed by atoms with Crippen molar-refractivity contribution >= 4 is 169 Å². The molecule has 14 atom stereocenters. The van der Waals surface area contributed by atoms with Gasteiger partial charge in [0.1, 0.15) is 78.3 Å². The highest BCUT2D eigenvalue weighted by atomic mass is 32.1. The van der Waals surface area contributed by atoms with E-state index in [9.17, 15) is 112 Å². The minimum Gasteiger partial charge on any atom is -0.508 e. The van der Waals surface area contributed by atoms with E-state index < -0.39 is 260 Å². The van der Waals surface area contributed by atoms with E-state index in [0.29, 0.717) is 5.56 Å². The molecule has 27 N–H and O–H groups in total. The van der Waals surface area contributed by atoms with Crippen molar-refractivity contribution in [3.05, 3.63) is 29.8 Å². The van der Waals surface area contributed by atoms with E-state index in [1.165, 1.54) is 31.2 Å². The lowest BCUT2D eigenvalue weighted by molar-refractivity contribution is -0.143. The minimum absolute atomic E-state index is 0.00670. The third-order valence-corrected chi connectivity index (χ3v) is 17.6. The van der Waals surface area contributed by atoms with Crippen molar-refractivity contribution in [2.75, 3.05) is 62.3 Å². The number of nitrogens with zero attached hydrogens (tertiary/aromatic N) is 1. The number of likely N-dealkylation sites (tertiary alicyclic amines) is 1. The first-order valence-electron chi connectivity index (χ1n) is 33.8. The van der Waals surface area contributed by atoms with Gasteiger partial charge < -0.3 is 127 Å². The Morgan fingerprint density at radius 1 is 0.518 bits per heavy atom. The van der Waals surface area contributed by atoms with Crippen LogP contribution in [0.25, 0.3) is 0 Å². The number of carbonyl (C=O) groups excluding carboxylic acids is 16.